The topological polar surface area (TPSA) is 175 Å². The fraction of sp³-hybridized carbons (Fsp3) is 0.167. The lowest BCUT2D eigenvalue weighted by atomic mass is 10.1. The quantitative estimate of drug-likeness (QED) is 0.185. The number of rotatable bonds is 7. The molecule has 3 heterocycles. The summed E-state index contributed by atoms with van der Waals surface area (Å²) in [7, 11) is 3.09. The van der Waals surface area contributed by atoms with Crippen LogP contribution in [0.4, 0.5) is 5.69 Å². The Morgan fingerprint density at radius 2 is 1.70 bits per heavy atom. The minimum Gasteiger partial charge on any atom is -0.478 e. The fourth-order valence-electron chi connectivity index (χ4n) is 3.31. The number of aliphatic imine (C=N–C) groups is 1. The van der Waals surface area contributed by atoms with Crippen LogP contribution >= 0.6 is 11.3 Å². The predicted molar refractivity (Wildman–Crippen MR) is 139 cm³/mol. The summed E-state index contributed by atoms with van der Waals surface area (Å²) >= 11 is 1.55. The van der Waals surface area contributed by atoms with E-state index in [0.29, 0.717) is 42.1 Å². The van der Waals surface area contributed by atoms with Crippen molar-refractivity contribution in [3.05, 3.63) is 91.5 Å². The van der Waals surface area contributed by atoms with E-state index in [-0.39, 0.29) is 11.2 Å². The standard InChI is InChI=1S/C20H20N6O2S.C4H4O4/c1-24-18-16(19(27)25(2)20(24)28)26(12-22-18)10-9-13-5-7-14(8-6-13)23-17(21)15-4-3-11-29-15;5-3(6)1-2-4(7)8/h3-8,11-12H,9-10H2,1-2H3,(H2,21,23);1-2H,(H,5,6)(H,7,8)/b;2-1+. The number of hydrogen-bond donors (Lipinski definition) is 3. The second kappa shape index (κ2) is 11.8. The molecule has 4 rings (SSSR count). The van der Waals surface area contributed by atoms with E-state index in [1.54, 1.807) is 29.3 Å². The Hall–Kier alpha value is -4.78. The normalized spacial score (nSPS) is 11.5. The van der Waals surface area contributed by atoms with Gasteiger partial charge in [0, 0.05) is 32.8 Å². The molecule has 3 aromatic heterocycles. The molecule has 1 aromatic carbocycles. The van der Waals surface area contributed by atoms with E-state index in [1.807, 2.05) is 41.8 Å². The molecular weight excluding hydrogens is 500 g/mol. The van der Waals surface area contributed by atoms with Crippen LogP contribution in [0.15, 0.2) is 74.8 Å². The number of aryl methyl sites for hydroxylation is 3. The highest BCUT2D eigenvalue weighted by atomic mass is 32.1. The van der Waals surface area contributed by atoms with Gasteiger partial charge in [-0.15, -0.1) is 11.3 Å². The number of imidazole rings is 1. The molecule has 0 aliphatic carbocycles. The summed E-state index contributed by atoms with van der Waals surface area (Å²) in [5, 5.41) is 17.6. The maximum atomic E-state index is 12.5. The van der Waals surface area contributed by atoms with Crippen LogP contribution in [0, 0.1) is 0 Å². The summed E-state index contributed by atoms with van der Waals surface area (Å²) in [6.07, 6.45) is 3.43. The molecule has 0 saturated heterocycles. The maximum absolute atomic E-state index is 12.5. The summed E-state index contributed by atoms with van der Waals surface area (Å²) in [5.74, 6) is -2.01. The molecule has 0 aliphatic heterocycles. The van der Waals surface area contributed by atoms with Gasteiger partial charge in [-0.05, 0) is 35.6 Å². The van der Waals surface area contributed by atoms with Gasteiger partial charge in [0.2, 0.25) is 0 Å². The first-order valence-electron chi connectivity index (χ1n) is 10.8. The van der Waals surface area contributed by atoms with Gasteiger partial charge in [0.05, 0.1) is 16.9 Å². The highest BCUT2D eigenvalue weighted by molar-refractivity contribution is 7.12. The number of nitrogens with two attached hydrogens (primary N) is 1. The zero-order valence-electron chi connectivity index (χ0n) is 19.9. The molecule has 12 nitrogen and oxygen atoms in total. The monoisotopic (exact) mass is 524 g/mol. The van der Waals surface area contributed by atoms with Crippen LogP contribution < -0.4 is 17.0 Å². The van der Waals surface area contributed by atoms with Gasteiger partial charge in [0.1, 0.15) is 5.84 Å². The largest absolute Gasteiger partial charge is 0.478 e. The van der Waals surface area contributed by atoms with Crippen molar-refractivity contribution in [3.8, 4) is 0 Å². The first-order valence-corrected chi connectivity index (χ1v) is 11.7. The minimum atomic E-state index is -1.26. The Balaban J connectivity index is 0.000000414. The van der Waals surface area contributed by atoms with Crippen LogP contribution in [0.1, 0.15) is 10.4 Å². The summed E-state index contributed by atoms with van der Waals surface area (Å²) in [6, 6.07) is 11.7. The van der Waals surface area contributed by atoms with Crippen molar-refractivity contribution in [3.63, 3.8) is 0 Å². The third kappa shape index (κ3) is 6.67. The maximum Gasteiger partial charge on any atom is 0.332 e. The zero-order valence-corrected chi connectivity index (χ0v) is 20.8. The number of amidine groups is 1. The first-order chi connectivity index (χ1) is 17.6. The Morgan fingerprint density at radius 1 is 1.05 bits per heavy atom. The molecule has 4 N–H and O–H groups in total. The molecule has 37 heavy (non-hydrogen) atoms. The molecule has 0 bridgehead atoms. The van der Waals surface area contributed by atoms with E-state index in [1.165, 1.54) is 11.6 Å². The molecule has 0 aliphatic rings. The second-order valence-corrected chi connectivity index (χ2v) is 8.66. The van der Waals surface area contributed by atoms with Gasteiger partial charge >= 0.3 is 17.6 Å². The average molecular weight is 525 g/mol. The van der Waals surface area contributed by atoms with E-state index in [4.69, 9.17) is 15.9 Å². The Morgan fingerprint density at radius 3 is 2.27 bits per heavy atom. The lowest BCUT2D eigenvalue weighted by molar-refractivity contribution is -0.134. The van der Waals surface area contributed by atoms with Gasteiger partial charge in [0.15, 0.2) is 11.2 Å². The van der Waals surface area contributed by atoms with Crippen LogP contribution in [-0.2, 0) is 36.6 Å². The van der Waals surface area contributed by atoms with Gasteiger partial charge in [-0.3, -0.25) is 13.9 Å². The molecular formula is C24H24N6O6S. The molecule has 13 heteroatoms. The molecule has 192 valence electrons. The van der Waals surface area contributed by atoms with Crippen molar-refractivity contribution in [2.45, 2.75) is 13.0 Å². The van der Waals surface area contributed by atoms with Gasteiger partial charge < -0.3 is 20.5 Å². The van der Waals surface area contributed by atoms with E-state index in [2.05, 4.69) is 9.98 Å². The number of fused-ring (bicyclic) bond motifs is 1. The smallest absolute Gasteiger partial charge is 0.332 e. The number of aliphatic carboxylic acids is 2. The van der Waals surface area contributed by atoms with Gasteiger partial charge in [-0.1, -0.05) is 18.2 Å². The summed E-state index contributed by atoms with van der Waals surface area (Å²) in [6.45, 7) is 0.573. The molecule has 0 unspecified atom stereocenters. The third-order valence-electron chi connectivity index (χ3n) is 5.19. The Bertz CT molecular complexity index is 1580. The molecule has 0 amide bonds. The van der Waals surface area contributed by atoms with Crippen LogP contribution in [0.5, 0.6) is 0 Å². The SMILES string of the molecule is Cn1c(=O)c2c(ncn2CCc2ccc(N=C(N)c3cccs3)cc2)n(C)c1=O.O=C(O)/C=C/C(=O)O. The van der Waals surface area contributed by atoms with Crippen molar-refractivity contribution in [2.75, 3.05) is 0 Å². The Kier molecular flexibility index (Phi) is 8.53. The van der Waals surface area contributed by atoms with Crippen LogP contribution in [-0.4, -0.2) is 46.7 Å². The van der Waals surface area contributed by atoms with Crippen molar-refractivity contribution in [2.24, 2.45) is 24.8 Å². The number of nitrogens with zero attached hydrogens (tertiary/aromatic N) is 5. The van der Waals surface area contributed by atoms with Crippen LogP contribution in [0.25, 0.3) is 11.2 Å². The molecule has 0 fully saturated rings. The average Bonchev–Trinajstić information content (AvgIpc) is 3.56. The number of aromatic nitrogens is 4. The number of carboxylic acids is 2. The predicted octanol–water partition coefficient (Wildman–Crippen LogP) is 1.49. The minimum absolute atomic E-state index is 0.339. The first kappa shape index (κ1) is 26.8. The van der Waals surface area contributed by atoms with Gasteiger partial charge in [-0.25, -0.2) is 24.4 Å². The summed E-state index contributed by atoms with van der Waals surface area (Å²) in [4.78, 5) is 53.3. The number of carboxylic acid groups (broad SMARTS) is 2. The lowest BCUT2D eigenvalue weighted by Gasteiger charge is -2.07. The van der Waals surface area contributed by atoms with E-state index in [0.717, 1.165) is 20.7 Å². The number of benzene rings is 1. The highest BCUT2D eigenvalue weighted by Crippen LogP contribution is 2.17. The van der Waals surface area contributed by atoms with E-state index < -0.39 is 11.9 Å². The Labute approximate surface area is 213 Å². The summed E-state index contributed by atoms with van der Waals surface area (Å²) in [5.41, 5.74) is 8.02. The lowest BCUT2D eigenvalue weighted by Crippen LogP contribution is -2.37. The van der Waals surface area contributed by atoms with Crippen LogP contribution in [0.2, 0.25) is 0 Å². The van der Waals surface area contributed by atoms with Crippen molar-refractivity contribution in [1.29, 1.82) is 0 Å². The second-order valence-electron chi connectivity index (χ2n) is 7.72. The zero-order chi connectivity index (χ0) is 27.1. The molecule has 4 aromatic rings. The van der Waals surface area contributed by atoms with Gasteiger partial charge in [-0.2, -0.15) is 0 Å². The van der Waals surface area contributed by atoms with Crippen molar-refractivity contribution in [1.82, 2.24) is 18.7 Å². The number of thiophene rings is 1. The number of hydrogen-bond acceptors (Lipinski definition) is 7. The van der Waals surface area contributed by atoms with Crippen LogP contribution in [0.3, 0.4) is 0 Å². The molecule has 0 spiro atoms. The molecule has 0 saturated carbocycles. The molecule has 0 atom stereocenters. The third-order valence-corrected chi connectivity index (χ3v) is 6.08. The van der Waals surface area contributed by atoms with Crippen molar-refractivity contribution < 1.29 is 19.8 Å². The summed E-state index contributed by atoms with van der Waals surface area (Å²) < 4.78 is 4.28. The number of carbonyl (C=O) groups is 2. The van der Waals surface area contributed by atoms with Crippen molar-refractivity contribution >= 4 is 46.0 Å². The van der Waals surface area contributed by atoms with E-state index in [9.17, 15) is 19.2 Å². The fourth-order valence-corrected chi connectivity index (χ4v) is 3.94. The highest BCUT2D eigenvalue weighted by Gasteiger charge is 2.14. The van der Waals surface area contributed by atoms with Gasteiger partial charge in [0.25, 0.3) is 5.56 Å². The van der Waals surface area contributed by atoms with E-state index >= 15 is 0 Å². The molecule has 0 radical (unpaired) electrons.